The van der Waals surface area contributed by atoms with Crippen LogP contribution in [0, 0.1) is 18.6 Å². The van der Waals surface area contributed by atoms with Crippen LogP contribution in [0.15, 0.2) is 47.6 Å². The lowest BCUT2D eigenvalue weighted by molar-refractivity contribution is -0.118. The van der Waals surface area contributed by atoms with Crippen LogP contribution in [0.4, 0.5) is 8.78 Å². The van der Waals surface area contributed by atoms with Crippen LogP contribution in [0.2, 0.25) is 0 Å². The van der Waals surface area contributed by atoms with Crippen molar-refractivity contribution in [2.24, 2.45) is 0 Å². The molecule has 0 bridgehead atoms. The fourth-order valence-electron chi connectivity index (χ4n) is 2.33. The molecular weight excluding hydrogens is 372 g/mol. The predicted molar refractivity (Wildman–Crippen MR) is 99.3 cm³/mol. The number of nitrogens with one attached hydrogen (secondary N) is 1. The molecule has 0 unspecified atom stereocenters. The quantitative estimate of drug-likeness (QED) is 0.500. The number of hydrogen-bond acceptors (Lipinski definition) is 5. The molecule has 6 nitrogen and oxygen atoms in total. The molecule has 1 amide bonds. The molecule has 0 spiro atoms. The number of nitrogens with zero attached hydrogens (tertiary/aromatic N) is 3. The van der Waals surface area contributed by atoms with Crippen molar-refractivity contribution in [2.75, 3.05) is 11.6 Å². The lowest BCUT2D eigenvalue weighted by Crippen LogP contribution is -2.25. The van der Waals surface area contributed by atoms with E-state index in [1.54, 1.807) is 37.3 Å². The van der Waals surface area contributed by atoms with E-state index in [0.29, 0.717) is 11.1 Å². The summed E-state index contributed by atoms with van der Waals surface area (Å²) in [5.74, 6) is 5.09. The molecule has 140 valence electrons. The minimum Gasteiger partial charge on any atom is -0.351 e. The summed E-state index contributed by atoms with van der Waals surface area (Å²) >= 11 is 1.07. The first-order valence-corrected chi connectivity index (χ1v) is 9.04. The standard InChI is InChI=1S/C18H17F2N5OS/c1-11-6-7-12(8-15(11)20)9-22-16(26)10-27-18-24-23-17(25(18)21)13-4-2-3-5-14(13)19/h2-8H,9-10,21H2,1H3,(H,22,26). The Bertz CT molecular complexity index is 976. The fraction of sp³-hybridized carbons (Fsp3) is 0.167. The Labute approximate surface area is 158 Å². The summed E-state index contributed by atoms with van der Waals surface area (Å²) in [6.45, 7) is 1.89. The maximum Gasteiger partial charge on any atom is 0.230 e. The van der Waals surface area contributed by atoms with Crippen LogP contribution >= 0.6 is 11.8 Å². The lowest BCUT2D eigenvalue weighted by atomic mass is 10.1. The van der Waals surface area contributed by atoms with Crippen LogP contribution in [-0.4, -0.2) is 26.5 Å². The highest BCUT2D eigenvalue weighted by Crippen LogP contribution is 2.23. The highest BCUT2D eigenvalue weighted by atomic mass is 32.2. The van der Waals surface area contributed by atoms with E-state index in [2.05, 4.69) is 15.5 Å². The Morgan fingerprint density at radius 2 is 1.96 bits per heavy atom. The number of carbonyl (C=O) groups is 1. The average molecular weight is 389 g/mol. The van der Waals surface area contributed by atoms with Crippen molar-refractivity contribution >= 4 is 17.7 Å². The first kappa shape index (κ1) is 18.8. The van der Waals surface area contributed by atoms with E-state index in [4.69, 9.17) is 5.84 Å². The molecule has 1 heterocycles. The number of amides is 1. The molecule has 0 saturated heterocycles. The van der Waals surface area contributed by atoms with Crippen molar-refractivity contribution in [1.82, 2.24) is 20.2 Å². The van der Waals surface area contributed by atoms with Crippen LogP contribution in [0.25, 0.3) is 11.4 Å². The third-order valence-corrected chi connectivity index (χ3v) is 4.78. The van der Waals surface area contributed by atoms with E-state index in [-0.39, 0.29) is 40.6 Å². The minimum absolute atomic E-state index is 0.0426. The molecular formula is C18H17F2N5OS. The van der Waals surface area contributed by atoms with Crippen LogP contribution in [0.5, 0.6) is 0 Å². The van der Waals surface area contributed by atoms with Gasteiger partial charge >= 0.3 is 0 Å². The van der Waals surface area contributed by atoms with Crippen molar-refractivity contribution in [3.05, 3.63) is 65.2 Å². The molecule has 9 heteroatoms. The van der Waals surface area contributed by atoms with E-state index in [1.165, 1.54) is 12.1 Å². The second kappa shape index (κ2) is 8.17. The van der Waals surface area contributed by atoms with Gasteiger partial charge in [-0.05, 0) is 36.2 Å². The van der Waals surface area contributed by atoms with Gasteiger partial charge < -0.3 is 11.2 Å². The van der Waals surface area contributed by atoms with Crippen molar-refractivity contribution < 1.29 is 13.6 Å². The Morgan fingerprint density at radius 3 is 2.70 bits per heavy atom. The summed E-state index contributed by atoms with van der Waals surface area (Å²) in [6.07, 6.45) is 0. The maximum atomic E-state index is 13.9. The normalized spacial score (nSPS) is 10.8. The third-order valence-electron chi connectivity index (χ3n) is 3.84. The molecule has 3 rings (SSSR count). The molecule has 2 aromatic carbocycles. The van der Waals surface area contributed by atoms with Gasteiger partial charge in [0.2, 0.25) is 11.1 Å². The Morgan fingerprint density at radius 1 is 1.19 bits per heavy atom. The van der Waals surface area contributed by atoms with Gasteiger partial charge in [0.1, 0.15) is 11.6 Å². The molecule has 0 aliphatic rings. The first-order chi connectivity index (χ1) is 13.0. The second-order valence-electron chi connectivity index (χ2n) is 5.80. The zero-order valence-electron chi connectivity index (χ0n) is 14.4. The van der Waals surface area contributed by atoms with Gasteiger partial charge in [0, 0.05) is 6.54 Å². The van der Waals surface area contributed by atoms with Gasteiger partial charge in [0.15, 0.2) is 5.82 Å². The Balaban J connectivity index is 1.58. The Kier molecular flexibility index (Phi) is 5.70. The SMILES string of the molecule is Cc1ccc(CNC(=O)CSc2nnc(-c3ccccc3F)n2N)cc1F. The number of aryl methyl sites for hydroxylation is 1. The zero-order valence-corrected chi connectivity index (χ0v) is 15.3. The maximum absolute atomic E-state index is 13.9. The first-order valence-electron chi connectivity index (χ1n) is 8.05. The number of aromatic nitrogens is 3. The van der Waals surface area contributed by atoms with Crippen LogP contribution in [0.3, 0.4) is 0 Å². The molecule has 3 aromatic rings. The van der Waals surface area contributed by atoms with Gasteiger partial charge in [0.25, 0.3) is 0 Å². The summed E-state index contributed by atoms with van der Waals surface area (Å²) in [7, 11) is 0. The smallest absolute Gasteiger partial charge is 0.230 e. The largest absolute Gasteiger partial charge is 0.351 e. The molecule has 0 radical (unpaired) electrons. The Hall–Kier alpha value is -2.94. The van der Waals surface area contributed by atoms with Crippen molar-refractivity contribution in [2.45, 2.75) is 18.6 Å². The topological polar surface area (TPSA) is 85.8 Å². The summed E-state index contributed by atoms with van der Waals surface area (Å²) in [5.41, 5.74) is 1.44. The highest BCUT2D eigenvalue weighted by molar-refractivity contribution is 7.99. The zero-order chi connectivity index (χ0) is 19.4. The summed E-state index contributed by atoms with van der Waals surface area (Å²) in [6, 6.07) is 10.9. The number of carbonyl (C=O) groups excluding carboxylic acids is 1. The van der Waals surface area contributed by atoms with E-state index in [1.807, 2.05) is 0 Å². The van der Waals surface area contributed by atoms with E-state index < -0.39 is 5.82 Å². The average Bonchev–Trinajstić information content (AvgIpc) is 3.02. The van der Waals surface area contributed by atoms with Gasteiger partial charge in [-0.1, -0.05) is 36.0 Å². The number of nitrogens with two attached hydrogens (primary N) is 1. The van der Waals surface area contributed by atoms with Gasteiger partial charge in [0.05, 0.1) is 11.3 Å². The minimum atomic E-state index is -0.462. The molecule has 0 saturated carbocycles. The molecule has 0 aliphatic carbocycles. The van der Waals surface area contributed by atoms with Gasteiger partial charge in [-0.2, -0.15) is 0 Å². The number of rotatable bonds is 6. The molecule has 27 heavy (non-hydrogen) atoms. The third kappa shape index (κ3) is 4.43. The number of halogens is 2. The molecule has 1 aromatic heterocycles. The number of thioether (sulfide) groups is 1. The predicted octanol–water partition coefficient (Wildman–Crippen LogP) is 2.65. The van der Waals surface area contributed by atoms with Crippen molar-refractivity contribution in [3.63, 3.8) is 0 Å². The molecule has 0 fully saturated rings. The van der Waals surface area contributed by atoms with Gasteiger partial charge in [-0.15, -0.1) is 10.2 Å². The number of hydrogen-bond donors (Lipinski definition) is 2. The van der Waals surface area contributed by atoms with Gasteiger partial charge in [-0.3, -0.25) is 4.79 Å². The number of benzene rings is 2. The summed E-state index contributed by atoms with van der Waals surface area (Å²) in [4.78, 5) is 12.0. The molecule has 0 atom stereocenters. The summed E-state index contributed by atoms with van der Waals surface area (Å²) in [5, 5.41) is 10.8. The van der Waals surface area contributed by atoms with Crippen molar-refractivity contribution in [3.8, 4) is 11.4 Å². The number of nitrogen functional groups attached to an aromatic ring is 1. The highest BCUT2D eigenvalue weighted by Gasteiger charge is 2.16. The van der Waals surface area contributed by atoms with Crippen molar-refractivity contribution in [1.29, 1.82) is 0 Å². The van der Waals surface area contributed by atoms with Crippen LogP contribution in [-0.2, 0) is 11.3 Å². The molecule has 3 N–H and O–H groups in total. The van der Waals surface area contributed by atoms with E-state index in [0.717, 1.165) is 16.4 Å². The second-order valence-corrected chi connectivity index (χ2v) is 6.75. The van der Waals surface area contributed by atoms with Gasteiger partial charge in [-0.25, -0.2) is 13.5 Å². The van der Waals surface area contributed by atoms with E-state index >= 15 is 0 Å². The molecule has 0 aliphatic heterocycles. The fourth-order valence-corrected chi connectivity index (χ4v) is 3.02. The van der Waals surface area contributed by atoms with E-state index in [9.17, 15) is 13.6 Å². The van der Waals surface area contributed by atoms with Crippen LogP contribution in [0.1, 0.15) is 11.1 Å². The van der Waals surface area contributed by atoms with Crippen LogP contribution < -0.4 is 11.2 Å². The summed E-state index contributed by atoms with van der Waals surface area (Å²) < 4.78 is 28.5. The monoisotopic (exact) mass is 389 g/mol. The lowest BCUT2D eigenvalue weighted by Gasteiger charge is -2.07.